The molecule has 0 bridgehead atoms. The zero-order valence-corrected chi connectivity index (χ0v) is 17.7. The number of hydrogen-bond acceptors (Lipinski definition) is 2. The molecule has 0 atom stereocenters. The summed E-state index contributed by atoms with van der Waals surface area (Å²) in [7, 11) is 0. The first-order valence-electron chi connectivity index (χ1n) is 6.50. The van der Waals surface area contributed by atoms with Gasteiger partial charge in [0.15, 0.2) is 0 Å². The summed E-state index contributed by atoms with van der Waals surface area (Å²) in [4.78, 5) is 0. The molecule has 0 N–H and O–H groups in total. The van der Waals surface area contributed by atoms with Crippen LogP contribution in [0.2, 0.25) is 10.0 Å². The van der Waals surface area contributed by atoms with Crippen LogP contribution in [-0.4, -0.2) is 0 Å². The number of benzene rings is 2. The van der Waals surface area contributed by atoms with Gasteiger partial charge in [-0.05, 0) is 0 Å². The van der Waals surface area contributed by atoms with Gasteiger partial charge in [-0.3, -0.25) is 0 Å². The first-order chi connectivity index (χ1) is 9.88. The number of hydrogen-bond donors (Lipinski definition) is 0. The Labute approximate surface area is 169 Å². The first kappa shape index (κ1) is 22.9. The van der Waals surface area contributed by atoms with Crippen molar-refractivity contribution >= 4 is 23.2 Å². The Hall–Kier alpha value is -0.0857. The van der Waals surface area contributed by atoms with Crippen molar-refractivity contribution < 1.29 is 51.4 Å². The zero-order chi connectivity index (χ0) is 15.6. The van der Waals surface area contributed by atoms with Crippen molar-refractivity contribution in [2.75, 3.05) is 0 Å². The fourth-order valence-electron chi connectivity index (χ4n) is 2.05. The van der Waals surface area contributed by atoms with Crippen LogP contribution >= 0.6 is 23.2 Å². The van der Waals surface area contributed by atoms with Crippen molar-refractivity contribution in [1.82, 2.24) is 0 Å². The molecule has 0 aliphatic heterocycles. The molecule has 124 valence electrons. The predicted molar refractivity (Wildman–Crippen MR) is 83.1 cm³/mol. The van der Waals surface area contributed by atoms with E-state index in [1.54, 1.807) is 0 Å². The third-order valence-electron chi connectivity index (χ3n) is 3.14. The second-order valence-electron chi connectivity index (χ2n) is 5.03. The van der Waals surface area contributed by atoms with Gasteiger partial charge >= 0.3 is 146 Å². The summed E-state index contributed by atoms with van der Waals surface area (Å²) in [5, 5.41) is 1.57. The van der Waals surface area contributed by atoms with Gasteiger partial charge in [-0.15, -0.1) is 0 Å². The molecule has 0 amide bonds. The molecule has 0 unspecified atom stereocenters. The fourth-order valence-corrected chi connectivity index (χ4v) is 3.00. The Morgan fingerprint density at radius 1 is 0.652 bits per heavy atom. The molecule has 0 spiro atoms. The van der Waals surface area contributed by atoms with Gasteiger partial charge in [0.05, 0.1) is 0 Å². The van der Waals surface area contributed by atoms with E-state index < -0.39 is 19.9 Å². The Morgan fingerprint density at radius 2 is 0.913 bits per heavy atom. The molecule has 0 saturated carbocycles. The molecule has 2 nitrogen and oxygen atoms in total. The topological polar surface area (TPSA) is 18.5 Å². The van der Waals surface area contributed by atoms with E-state index in [2.05, 4.69) is 0 Å². The zero-order valence-electron chi connectivity index (χ0n) is 13.1. The molecule has 0 fully saturated rings. The normalized spacial score (nSPS) is 9.30. The summed E-state index contributed by atoms with van der Waals surface area (Å²) in [6.07, 6.45) is 0. The fraction of sp³-hybridized carbons (Fsp3) is 0.250. The maximum atomic E-state index is 6.14. The molecular formula is C16H16Cl4O2Ti. The van der Waals surface area contributed by atoms with Crippen molar-refractivity contribution in [2.45, 2.75) is 27.7 Å². The minimum atomic E-state index is -1.03. The third-order valence-corrected chi connectivity index (χ3v) is 5.33. The van der Waals surface area contributed by atoms with E-state index in [9.17, 15) is 0 Å². The van der Waals surface area contributed by atoms with Gasteiger partial charge in [-0.1, -0.05) is 0 Å². The van der Waals surface area contributed by atoms with Gasteiger partial charge in [0, 0.05) is 0 Å². The van der Waals surface area contributed by atoms with E-state index in [4.69, 9.17) is 29.8 Å². The largest absolute Gasteiger partial charge is 1.00 e. The summed E-state index contributed by atoms with van der Waals surface area (Å²) in [5.74, 6) is 1.61. The minimum absolute atomic E-state index is 0. The average Bonchev–Trinajstić information content (AvgIpc) is 2.42. The second-order valence-corrected chi connectivity index (χ2v) is 6.68. The van der Waals surface area contributed by atoms with E-state index in [0.29, 0.717) is 0 Å². The molecule has 0 aromatic heterocycles. The third kappa shape index (κ3) is 6.05. The van der Waals surface area contributed by atoms with E-state index >= 15 is 0 Å². The Morgan fingerprint density at radius 3 is 1.17 bits per heavy atom. The van der Waals surface area contributed by atoms with Crippen LogP contribution < -0.4 is 31.5 Å². The smallest absolute Gasteiger partial charge is 1.00 e. The number of aryl methyl sites for hydroxylation is 4. The van der Waals surface area contributed by atoms with Crippen LogP contribution in [0.3, 0.4) is 0 Å². The molecule has 2 rings (SSSR count). The Balaban J connectivity index is 0.00000242. The maximum Gasteiger partial charge on any atom is -1.00 e. The van der Waals surface area contributed by atoms with Crippen LogP contribution in [0, 0.1) is 27.7 Å². The minimum Gasteiger partial charge on any atom is -1.00 e. The molecule has 0 aliphatic rings. The SMILES string of the molecule is Cc1cc([O][Ti+2][O]c2cc(C)c(Cl)c(C)c2)cc(C)c1Cl.[Cl-].[Cl-]. The number of rotatable bonds is 4. The van der Waals surface area contributed by atoms with E-state index in [1.807, 2.05) is 52.0 Å². The van der Waals surface area contributed by atoms with Crippen LogP contribution in [-0.2, 0) is 19.9 Å². The summed E-state index contributed by atoms with van der Waals surface area (Å²) in [6.45, 7) is 7.87. The van der Waals surface area contributed by atoms with E-state index in [0.717, 1.165) is 43.8 Å². The second kappa shape index (κ2) is 10.0. The van der Waals surface area contributed by atoms with Gasteiger partial charge in [0.1, 0.15) is 0 Å². The molecule has 2 aromatic rings. The molecule has 23 heavy (non-hydrogen) atoms. The van der Waals surface area contributed by atoms with Crippen LogP contribution in [0.5, 0.6) is 11.5 Å². The van der Waals surface area contributed by atoms with Crippen molar-refractivity contribution in [1.29, 1.82) is 0 Å². The molecule has 0 aliphatic carbocycles. The summed E-state index contributed by atoms with van der Waals surface area (Å²) < 4.78 is 11.5. The molecule has 0 radical (unpaired) electrons. The molecule has 0 heterocycles. The van der Waals surface area contributed by atoms with Crippen molar-refractivity contribution in [3.63, 3.8) is 0 Å². The van der Waals surface area contributed by atoms with E-state index in [1.165, 1.54) is 0 Å². The molecule has 2 aromatic carbocycles. The average molecular weight is 430 g/mol. The van der Waals surface area contributed by atoms with Crippen LogP contribution in [0.25, 0.3) is 0 Å². The van der Waals surface area contributed by atoms with Crippen LogP contribution in [0.15, 0.2) is 24.3 Å². The van der Waals surface area contributed by atoms with Gasteiger partial charge in [-0.2, -0.15) is 0 Å². The van der Waals surface area contributed by atoms with Gasteiger partial charge in [0.2, 0.25) is 0 Å². The predicted octanol–water partition coefficient (Wildman–Crippen LogP) is -0.395. The van der Waals surface area contributed by atoms with Crippen molar-refractivity contribution in [3.8, 4) is 11.5 Å². The van der Waals surface area contributed by atoms with Crippen LogP contribution in [0.4, 0.5) is 0 Å². The Bertz CT molecular complexity index is 574. The monoisotopic (exact) mass is 428 g/mol. The summed E-state index contributed by atoms with van der Waals surface area (Å²) in [6, 6.07) is 7.72. The standard InChI is InChI=1S/2C8H9ClO.2ClH.Ti/c2*1-5-3-7(10)4-6(2)8(5)9;;;/h2*3-4,10H,1-2H3;2*1H;/q;;;;+4/p-4. The van der Waals surface area contributed by atoms with Gasteiger partial charge < -0.3 is 24.8 Å². The van der Waals surface area contributed by atoms with Crippen molar-refractivity contribution in [2.24, 2.45) is 0 Å². The summed E-state index contributed by atoms with van der Waals surface area (Å²) >= 11 is 11.3. The Kier molecular flexibility index (Phi) is 9.99. The molecular weight excluding hydrogens is 414 g/mol. The summed E-state index contributed by atoms with van der Waals surface area (Å²) in [5.41, 5.74) is 4.04. The van der Waals surface area contributed by atoms with Crippen LogP contribution in [0.1, 0.15) is 22.3 Å². The number of halogens is 4. The quantitative estimate of drug-likeness (QED) is 0.616. The van der Waals surface area contributed by atoms with Gasteiger partial charge in [0.25, 0.3) is 0 Å². The van der Waals surface area contributed by atoms with Gasteiger partial charge in [-0.25, -0.2) is 0 Å². The molecule has 7 heteroatoms. The molecule has 0 saturated heterocycles. The maximum absolute atomic E-state index is 6.14. The van der Waals surface area contributed by atoms with Crippen molar-refractivity contribution in [3.05, 3.63) is 56.6 Å². The first-order valence-corrected chi connectivity index (χ1v) is 8.53. The van der Waals surface area contributed by atoms with E-state index in [-0.39, 0.29) is 24.8 Å².